The van der Waals surface area contributed by atoms with Gasteiger partial charge in [0.25, 0.3) is 0 Å². The molecule has 0 aliphatic rings. The van der Waals surface area contributed by atoms with E-state index in [0.717, 1.165) is 9.95 Å². The smallest absolute Gasteiger partial charge is 0.176 e. The summed E-state index contributed by atoms with van der Waals surface area (Å²) in [6.45, 7) is -0.958. The molecule has 0 fully saturated rings. The maximum Gasteiger partial charge on any atom is 0.176 e. The van der Waals surface area contributed by atoms with Crippen LogP contribution in [0.25, 0.3) is 10.9 Å². The fourth-order valence-corrected chi connectivity index (χ4v) is 1.41. The summed E-state index contributed by atoms with van der Waals surface area (Å²) in [6, 6.07) is 8.69. The van der Waals surface area contributed by atoms with E-state index in [9.17, 15) is 4.79 Å². The first kappa shape index (κ1) is 5.22. The number of aryl methyl sites for hydroxylation is 1. The van der Waals surface area contributed by atoms with Gasteiger partial charge in [-0.2, -0.15) is 0 Å². The molecule has 13 heavy (non-hydrogen) atoms. The van der Waals surface area contributed by atoms with Crippen LogP contribution in [0, 0.1) is 0 Å². The molecule has 0 bridgehead atoms. The minimum absolute atomic E-state index is 0.223. The molecule has 2 aromatic rings. The third-order valence-electron chi connectivity index (χ3n) is 2.07. The van der Waals surface area contributed by atoms with Crippen molar-refractivity contribution in [1.82, 2.24) is 4.57 Å². The Kier molecular flexibility index (Phi) is 1.10. The second-order valence-corrected chi connectivity index (χ2v) is 2.98. The van der Waals surface area contributed by atoms with Gasteiger partial charge in [-0.15, -0.1) is 0 Å². The summed E-state index contributed by atoms with van der Waals surface area (Å²) in [5.41, 5.74) is 0.786. The first-order valence-electron chi connectivity index (χ1n) is 5.53. The number of ketones is 1. The van der Waals surface area contributed by atoms with Crippen molar-refractivity contribution < 1.29 is 8.91 Å². The first-order chi connectivity index (χ1) is 7.41. The van der Waals surface area contributed by atoms with Crippen LogP contribution >= 0.6 is 0 Å². The number of fused-ring (bicyclic) bond motifs is 1. The lowest BCUT2D eigenvalue weighted by atomic mass is 10.2. The van der Waals surface area contributed by atoms with Gasteiger partial charge < -0.3 is 4.57 Å². The van der Waals surface area contributed by atoms with Crippen molar-refractivity contribution in [2.24, 2.45) is 6.98 Å². The van der Waals surface area contributed by atoms with E-state index in [1.807, 2.05) is 6.07 Å². The standard InChI is InChI=1S/C11H11NO/c1-8(13)11-7-9-5-3-4-6-10(9)12(11)2/h3-7H,1-2H3/i2D3. The average Bonchev–Trinajstić information content (AvgIpc) is 2.55. The van der Waals surface area contributed by atoms with Crippen molar-refractivity contribution in [3.05, 3.63) is 36.0 Å². The fourth-order valence-electron chi connectivity index (χ4n) is 1.41. The second kappa shape index (κ2) is 2.73. The third-order valence-corrected chi connectivity index (χ3v) is 2.07. The Morgan fingerprint density at radius 1 is 1.46 bits per heavy atom. The van der Waals surface area contributed by atoms with Gasteiger partial charge in [0.1, 0.15) is 0 Å². The summed E-state index contributed by atoms with van der Waals surface area (Å²) >= 11 is 0. The fraction of sp³-hybridized carbons (Fsp3) is 0.182. The van der Waals surface area contributed by atoms with E-state index in [2.05, 4.69) is 0 Å². The van der Waals surface area contributed by atoms with Gasteiger partial charge >= 0.3 is 0 Å². The minimum atomic E-state index is -2.33. The Labute approximate surface area is 81.0 Å². The molecule has 1 aromatic heterocycles. The molecule has 0 atom stereocenters. The van der Waals surface area contributed by atoms with Crippen LogP contribution in [-0.2, 0) is 6.98 Å². The Morgan fingerprint density at radius 2 is 2.23 bits per heavy atom. The highest BCUT2D eigenvalue weighted by molar-refractivity contribution is 5.98. The third kappa shape index (κ3) is 1.15. The molecule has 0 saturated carbocycles. The zero-order valence-electron chi connectivity index (χ0n) is 10.2. The number of rotatable bonds is 1. The van der Waals surface area contributed by atoms with Gasteiger partial charge in [0, 0.05) is 28.9 Å². The van der Waals surface area contributed by atoms with Gasteiger partial charge in [0.15, 0.2) is 5.78 Å². The summed E-state index contributed by atoms with van der Waals surface area (Å²) in [5, 5.41) is 0.767. The first-order valence-corrected chi connectivity index (χ1v) is 4.03. The van der Waals surface area contributed by atoms with Crippen molar-refractivity contribution in [2.75, 3.05) is 0 Å². The topological polar surface area (TPSA) is 22.0 Å². The quantitative estimate of drug-likeness (QED) is 0.611. The lowest BCUT2D eigenvalue weighted by Crippen LogP contribution is -2.00. The Hall–Kier alpha value is -1.57. The van der Waals surface area contributed by atoms with Gasteiger partial charge in [-0.25, -0.2) is 0 Å². The number of Topliss-reactive ketones (excluding diaryl/α,β-unsaturated/α-hetero) is 1. The van der Waals surface area contributed by atoms with Crippen LogP contribution in [0.4, 0.5) is 0 Å². The van der Waals surface area contributed by atoms with E-state index in [4.69, 9.17) is 4.11 Å². The molecule has 0 aliphatic carbocycles. The largest absolute Gasteiger partial charge is 0.341 e. The van der Waals surface area contributed by atoms with E-state index in [0.29, 0.717) is 5.52 Å². The number of hydrogen-bond acceptors (Lipinski definition) is 1. The predicted octanol–water partition coefficient (Wildman–Crippen LogP) is 2.38. The van der Waals surface area contributed by atoms with Crippen molar-refractivity contribution in [3.63, 3.8) is 0 Å². The van der Waals surface area contributed by atoms with Crippen LogP contribution in [0.2, 0.25) is 0 Å². The molecule has 0 unspecified atom stereocenters. The maximum atomic E-state index is 11.4. The zero-order valence-corrected chi connectivity index (χ0v) is 7.24. The van der Waals surface area contributed by atoms with Crippen LogP contribution in [0.5, 0.6) is 0 Å². The highest BCUT2D eigenvalue weighted by Gasteiger charge is 2.07. The highest BCUT2D eigenvalue weighted by atomic mass is 16.1. The highest BCUT2D eigenvalue weighted by Crippen LogP contribution is 2.18. The van der Waals surface area contributed by atoms with E-state index in [1.165, 1.54) is 6.92 Å². The molecule has 0 amide bonds. The van der Waals surface area contributed by atoms with Gasteiger partial charge in [0.05, 0.1) is 5.69 Å². The van der Waals surface area contributed by atoms with Crippen molar-refractivity contribution in [2.45, 2.75) is 6.92 Å². The van der Waals surface area contributed by atoms with Gasteiger partial charge in [0.2, 0.25) is 0 Å². The van der Waals surface area contributed by atoms with Crippen molar-refractivity contribution >= 4 is 16.7 Å². The van der Waals surface area contributed by atoms with Gasteiger partial charge in [-0.05, 0) is 12.1 Å². The minimum Gasteiger partial charge on any atom is -0.341 e. The number of para-hydroxylation sites is 1. The Bertz CT molecular complexity index is 554. The number of nitrogens with zero attached hydrogens (tertiary/aromatic N) is 1. The number of aromatic nitrogens is 1. The van der Waals surface area contributed by atoms with Crippen LogP contribution in [0.15, 0.2) is 30.3 Å². The van der Waals surface area contributed by atoms with Gasteiger partial charge in [-0.3, -0.25) is 4.79 Å². The van der Waals surface area contributed by atoms with Crippen LogP contribution in [-0.4, -0.2) is 10.4 Å². The van der Waals surface area contributed by atoms with Crippen LogP contribution in [0.3, 0.4) is 0 Å². The zero-order chi connectivity index (χ0) is 11.9. The average molecular weight is 176 g/mol. The van der Waals surface area contributed by atoms with Crippen molar-refractivity contribution in [3.8, 4) is 0 Å². The van der Waals surface area contributed by atoms with Crippen molar-refractivity contribution in [1.29, 1.82) is 0 Å². The summed E-state index contributed by atoms with van der Waals surface area (Å²) in [4.78, 5) is 11.4. The molecule has 0 aliphatic heterocycles. The van der Waals surface area contributed by atoms with E-state index in [1.54, 1.807) is 24.3 Å². The summed E-state index contributed by atoms with van der Waals surface area (Å²) in [7, 11) is 0. The Balaban J connectivity index is 2.85. The molecule has 66 valence electrons. The monoisotopic (exact) mass is 176 g/mol. The maximum absolute atomic E-state index is 11.4. The van der Waals surface area contributed by atoms with E-state index in [-0.39, 0.29) is 11.5 Å². The van der Waals surface area contributed by atoms with Crippen LogP contribution in [0.1, 0.15) is 21.5 Å². The molecule has 0 N–H and O–H groups in total. The molecule has 2 nitrogen and oxygen atoms in total. The number of benzene rings is 1. The van der Waals surface area contributed by atoms with E-state index < -0.39 is 6.98 Å². The SMILES string of the molecule is [2H]C([2H])([2H])n1c(C(C)=O)cc2ccccc21. The molecule has 1 aromatic carbocycles. The summed E-state index contributed by atoms with van der Waals surface area (Å²) in [6.07, 6.45) is 0. The lowest BCUT2D eigenvalue weighted by Gasteiger charge is -1.98. The lowest BCUT2D eigenvalue weighted by molar-refractivity contribution is 0.101. The van der Waals surface area contributed by atoms with Gasteiger partial charge in [-0.1, -0.05) is 18.2 Å². The summed E-state index contributed by atoms with van der Waals surface area (Å²) in [5.74, 6) is -0.243. The molecule has 1 heterocycles. The number of carbonyl (C=O) groups excluding carboxylic acids is 1. The normalized spacial score (nSPS) is 15.0. The molecule has 2 rings (SSSR count). The molecular formula is C11H11NO. The Morgan fingerprint density at radius 3 is 2.92 bits per heavy atom. The number of hydrogen-bond donors (Lipinski definition) is 0. The molecule has 0 spiro atoms. The number of carbonyl (C=O) groups is 1. The molecule has 0 saturated heterocycles. The second-order valence-electron chi connectivity index (χ2n) is 2.98. The van der Waals surface area contributed by atoms with Crippen LogP contribution < -0.4 is 0 Å². The van der Waals surface area contributed by atoms with E-state index >= 15 is 0 Å². The molecule has 2 heteroatoms. The molecule has 0 radical (unpaired) electrons. The molecular weight excluding hydrogens is 162 g/mol. The predicted molar refractivity (Wildman–Crippen MR) is 52.9 cm³/mol. The summed E-state index contributed by atoms with van der Waals surface area (Å²) < 4.78 is 23.5.